The molecule has 0 radical (unpaired) electrons. The molecule has 1 amide bonds. The molecule has 2 aliphatic rings. The van der Waals surface area contributed by atoms with Crippen molar-refractivity contribution in [1.82, 2.24) is 0 Å². The highest BCUT2D eigenvalue weighted by Gasteiger charge is 2.42. The molecule has 0 aliphatic carbocycles. The average Bonchev–Trinajstić information content (AvgIpc) is 2.93. The molecular weight excluding hydrogens is 272 g/mol. The zero-order chi connectivity index (χ0) is 15.0. The van der Waals surface area contributed by atoms with Crippen LogP contribution in [0.2, 0.25) is 0 Å². The van der Waals surface area contributed by atoms with Crippen molar-refractivity contribution in [2.45, 2.75) is 24.8 Å². The van der Waals surface area contributed by atoms with Gasteiger partial charge in [0.05, 0.1) is 12.2 Å². The maximum Gasteiger partial charge on any atom is 0.335 e. The quantitative estimate of drug-likeness (QED) is 0.839. The van der Waals surface area contributed by atoms with E-state index in [1.54, 1.807) is 17.0 Å². The first kappa shape index (κ1) is 14.0. The Bertz CT molecular complexity index is 593. The molecule has 1 fully saturated rings. The van der Waals surface area contributed by atoms with Crippen molar-refractivity contribution in [2.24, 2.45) is 5.73 Å². The fraction of sp³-hybridized carbons (Fsp3) is 0.467. The summed E-state index contributed by atoms with van der Waals surface area (Å²) in [5.74, 6) is -1.09. The summed E-state index contributed by atoms with van der Waals surface area (Å²) in [7, 11) is 0. The fourth-order valence-corrected chi connectivity index (χ4v) is 2.96. The van der Waals surface area contributed by atoms with Crippen LogP contribution in [0.25, 0.3) is 0 Å². The number of hydrogen-bond donors (Lipinski definition) is 2. The summed E-state index contributed by atoms with van der Waals surface area (Å²) in [5.41, 5.74) is 7.10. The van der Waals surface area contributed by atoms with E-state index in [-0.39, 0.29) is 18.1 Å². The number of benzene rings is 1. The molecule has 3 N–H and O–H groups in total. The third-order valence-corrected chi connectivity index (χ3v) is 4.17. The van der Waals surface area contributed by atoms with Crippen LogP contribution in [-0.2, 0) is 16.0 Å². The first-order valence-electron chi connectivity index (χ1n) is 7.06. The number of anilines is 1. The van der Waals surface area contributed by atoms with Gasteiger partial charge < -0.3 is 20.5 Å². The van der Waals surface area contributed by atoms with E-state index in [2.05, 4.69) is 0 Å². The second-order valence-corrected chi connectivity index (χ2v) is 5.67. The van der Waals surface area contributed by atoms with Gasteiger partial charge in [-0.2, -0.15) is 0 Å². The van der Waals surface area contributed by atoms with E-state index in [0.29, 0.717) is 19.6 Å². The van der Waals surface area contributed by atoms with Gasteiger partial charge in [-0.05, 0) is 43.0 Å². The third-order valence-electron chi connectivity index (χ3n) is 4.17. The van der Waals surface area contributed by atoms with Gasteiger partial charge >= 0.3 is 5.97 Å². The predicted octanol–water partition coefficient (Wildman–Crippen LogP) is 0.782. The Kier molecular flexibility index (Phi) is 3.43. The molecule has 2 aliphatic heterocycles. The molecule has 6 nitrogen and oxygen atoms in total. The van der Waals surface area contributed by atoms with Crippen LogP contribution < -0.4 is 10.6 Å². The first-order valence-corrected chi connectivity index (χ1v) is 7.06. The lowest BCUT2D eigenvalue weighted by atomic mass is 9.94. The van der Waals surface area contributed by atoms with E-state index in [1.165, 1.54) is 6.07 Å². The summed E-state index contributed by atoms with van der Waals surface area (Å²) in [6.07, 6.45) is 2.10. The summed E-state index contributed by atoms with van der Waals surface area (Å²) < 4.78 is 5.26. The lowest BCUT2D eigenvalue weighted by molar-refractivity contribution is -0.123. The second-order valence-electron chi connectivity index (χ2n) is 5.67. The molecule has 112 valence electrons. The van der Waals surface area contributed by atoms with E-state index < -0.39 is 11.5 Å². The average molecular weight is 290 g/mol. The van der Waals surface area contributed by atoms with Crippen LogP contribution in [0.4, 0.5) is 5.69 Å². The molecule has 1 saturated heterocycles. The van der Waals surface area contributed by atoms with Crippen LogP contribution in [0.15, 0.2) is 18.2 Å². The normalized spacial score (nSPS) is 24.7. The van der Waals surface area contributed by atoms with Gasteiger partial charge in [0.25, 0.3) is 0 Å². The molecule has 0 aromatic heterocycles. The Morgan fingerprint density at radius 3 is 2.86 bits per heavy atom. The van der Waals surface area contributed by atoms with Gasteiger partial charge in [0.2, 0.25) is 5.91 Å². The predicted molar refractivity (Wildman–Crippen MR) is 76.4 cm³/mol. The number of carboxylic acid groups (broad SMARTS) is 1. The molecule has 1 unspecified atom stereocenters. The number of carbonyl (C=O) groups excluding carboxylic acids is 1. The third kappa shape index (κ3) is 2.41. The van der Waals surface area contributed by atoms with Crippen LogP contribution in [0, 0.1) is 0 Å². The number of carbonyl (C=O) groups is 2. The van der Waals surface area contributed by atoms with Crippen LogP contribution in [0.5, 0.6) is 0 Å². The van der Waals surface area contributed by atoms with Gasteiger partial charge in [-0.3, -0.25) is 4.79 Å². The van der Waals surface area contributed by atoms with Crippen molar-refractivity contribution >= 4 is 17.6 Å². The molecule has 1 aromatic rings. The van der Waals surface area contributed by atoms with E-state index in [9.17, 15) is 9.59 Å². The molecule has 1 aromatic carbocycles. The number of carboxylic acids is 1. The molecular formula is C15H18N2O4. The Hall–Kier alpha value is -1.92. The standard InChI is InChI=1S/C15H18N2O4/c16-15(5-7-21-9-15)14(20)17-6-1-2-10-8-11(13(18)19)3-4-12(10)17/h3-4,8H,1-2,5-7,9,16H2,(H,18,19). The maximum atomic E-state index is 12.7. The maximum absolute atomic E-state index is 12.7. The van der Waals surface area contributed by atoms with E-state index in [1.807, 2.05) is 0 Å². The zero-order valence-corrected chi connectivity index (χ0v) is 11.7. The molecule has 1 atom stereocenters. The SMILES string of the molecule is NC1(C(=O)N2CCCc3cc(C(=O)O)ccc32)CCOC1. The molecule has 6 heteroatoms. The lowest BCUT2D eigenvalue weighted by Gasteiger charge is -2.34. The highest BCUT2D eigenvalue weighted by molar-refractivity contribution is 6.01. The van der Waals surface area contributed by atoms with Crippen molar-refractivity contribution in [3.8, 4) is 0 Å². The number of ether oxygens (including phenoxy) is 1. The number of nitrogens with zero attached hydrogens (tertiary/aromatic N) is 1. The van der Waals surface area contributed by atoms with E-state index in [4.69, 9.17) is 15.6 Å². The number of nitrogens with two attached hydrogens (primary N) is 1. The van der Waals surface area contributed by atoms with Crippen molar-refractivity contribution in [3.63, 3.8) is 0 Å². The number of hydrogen-bond acceptors (Lipinski definition) is 4. The molecule has 21 heavy (non-hydrogen) atoms. The van der Waals surface area contributed by atoms with Crippen LogP contribution in [0.3, 0.4) is 0 Å². The van der Waals surface area contributed by atoms with Crippen LogP contribution in [-0.4, -0.2) is 42.3 Å². The fourth-order valence-electron chi connectivity index (χ4n) is 2.96. The Morgan fingerprint density at radius 1 is 1.38 bits per heavy atom. The Labute approximate surface area is 122 Å². The van der Waals surface area contributed by atoms with E-state index in [0.717, 1.165) is 24.1 Å². The molecule has 0 saturated carbocycles. The number of fused-ring (bicyclic) bond motifs is 1. The van der Waals surface area contributed by atoms with Crippen molar-refractivity contribution < 1.29 is 19.4 Å². The molecule has 2 heterocycles. The number of aromatic carboxylic acids is 1. The molecule has 3 rings (SSSR count). The lowest BCUT2D eigenvalue weighted by Crippen LogP contribution is -2.57. The van der Waals surface area contributed by atoms with Crippen molar-refractivity contribution in [3.05, 3.63) is 29.3 Å². The minimum atomic E-state index is -0.958. The summed E-state index contributed by atoms with van der Waals surface area (Å²) in [4.78, 5) is 25.4. The van der Waals surface area contributed by atoms with Gasteiger partial charge in [0, 0.05) is 18.8 Å². The van der Waals surface area contributed by atoms with E-state index >= 15 is 0 Å². The topological polar surface area (TPSA) is 92.9 Å². The van der Waals surface area contributed by atoms with Crippen LogP contribution in [0.1, 0.15) is 28.8 Å². The summed E-state index contributed by atoms with van der Waals surface area (Å²) >= 11 is 0. The van der Waals surface area contributed by atoms with Gasteiger partial charge in [-0.1, -0.05) is 0 Å². The molecule has 0 spiro atoms. The number of rotatable bonds is 2. The highest BCUT2D eigenvalue weighted by Crippen LogP contribution is 2.31. The largest absolute Gasteiger partial charge is 0.478 e. The number of aryl methyl sites for hydroxylation is 1. The Balaban J connectivity index is 1.93. The Morgan fingerprint density at radius 2 is 2.19 bits per heavy atom. The highest BCUT2D eigenvalue weighted by atomic mass is 16.5. The summed E-state index contributed by atoms with van der Waals surface area (Å²) in [5, 5.41) is 9.06. The van der Waals surface area contributed by atoms with Gasteiger partial charge in [-0.25, -0.2) is 4.79 Å². The zero-order valence-electron chi connectivity index (χ0n) is 11.7. The van der Waals surface area contributed by atoms with Crippen molar-refractivity contribution in [2.75, 3.05) is 24.7 Å². The van der Waals surface area contributed by atoms with Crippen LogP contribution >= 0.6 is 0 Å². The minimum Gasteiger partial charge on any atom is -0.478 e. The summed E-state index contributed by atoms with van der Waals surface area (Å²) in [6.45, 7) is 1.35. The summed E-state index contributed by atoms with van der Waals surface area (Å²) in [6, 6.07) is 4.88. The monoisotopic (exact) mass is 290 g/mol. The van der Waals surface area contributed by atoms with Crippen molar-refractivity contribution in [1.29, 1.82) is 0 Å². The van der Waals surface area contributed by atoms with Gasteiger partial charge in [-0.15, -0.1) is 0 Å². The smallest absolute Gasteiger partial charge is 0.335 e. The minimum absolute atomic E-state index is 0.135. The van der Waals surface area contributed by atoms with Gasteiger partial charge in [0.1, 0.15) is 5.54 Å². The first-order chi connectivity index (χ1) is 10.0. The van der Waals surface area contributed by atoms with Gasteiger partial charge in [0.15, 0.2) is 0 Å². The number of amides is 1. The second kappa shape index (κ2) is 5.13. The molecule has 0 bridgehead atoms.